The molecule has 0 bridgehead atoms. The van der Waals surface area contributed by atoms with Crippen molar-refractivity contribution < 1.29 is 57.2 Å². The monoisotopic (exact) mass is 296 g/mol. The Morgan fingerprint density at radius 2 is 1.89 bits per heavy atom. The first-order valence-electron chi connectivity index (χ1n) is 5.11. The average Bonchev–Trinajstić information content (AvgIpc) is 2.34. The minimum Gasteiger partial charge on any atom is -0.746 e. The largest absolute Gasteiger partial charge is 1.00 e. The van der Waals surface area contributed by atoms with Gasteiger partial charge in [-0.05, 0) is 5.56 Å². The number of hydrogen-bond acceptors (Lipinski definition) is 6. The Morgan fingerprint density at radius 3 is 2.32 bits per heavy atom. The van der Waals surface area contributed by atoms with Gasteiger partial charge in [0, 0.05) is 6.42 Å². The maximum Gasteiger partial charge on any atom is 1.00 e. The van der Waals surface area contributed by atoms with Crippen LogP contribution in [0.1, 0.15) is 17.9 Å². The molecule has 0 heterocycles. The first-order valence-corrected chi connectivity index (χ1v) is 6.59. The van der Waals surface area contributed by atoms with Gasteiger partial charge in [-0.3, -0.25) is 4.79 Å². The summed E-state index contributed by atoms with van der Waals surface area (Å²) < 4.78 is 36.5. The van der Waals surface area contributed by atoms with Crippen molar-refractivity contribution in [3.63, 3.8) is 0 Å². The van der Waals surface area contributed by atoms with Crippen LogP contribution < -0.4 is 29.6 Å². The molecule has 2 atom stereocenters. The van der Waals surface area contributed by atoms with Gasteiger partial charge < -0.3 is 14.4 Å². The van der Waals surface area contributed by atoms with Gasteiger partial charge in [-0.25, -0.2) is 8.42 Å². The van der Waals surface area contributed by atoms with Gasteiger partial charge in [-0.1, -0.05) is 30.3 Å². The summed E-state index contributed by atoms with van der Waals surface area (Å²) in [5.41, 5.74) is -1.66. The van der Waals surface area contributed by atoms with Crippen molar-refractivity contribution in [2.24, 2.45) is 0 Å². The van der Waals surface area contributed by atoms with Crippen LogP contribution in [-0.2, 0) is 19.6 Å². The van der Waals surface area contributed by atoms with E-state index in [1.807, 2.05) is 0 Å². The van der Waals surface area contributed by atoms with E-state index in [1.165, 1.54) is 0 Å². The van der Waals surface area contributed by atoms with Crippen molar-refractivity contribution in [3.8, 4) is 0 Å². The van der Waals surface area contributed by atoms with Gasteiger partial charge in [-0.2, -0.15) is 0 Å². The minimum atomic E-state index is -4.85. The van der Waals surface area contributed by atoms with Crippen LogP contribution in [0.3, 0.4) is 0 Å². The fourth-order valence-electron chi connectivity index (χ4n) is 1.52. The molecule has 0 aromatic heterocycles. The third-order valence-corrected chi connectivity index (χ3v) is 3.32. The first kappa shape index (κ1) is 18.6. The fraction of sp³-hybridized carbons (Fsp3) is 0.364. The molecule has 19 heavy (non-hydrogen) atoms. The molecular formula is C11H13NaO6S. The number of rotatable bonds is 5. The molecule has 100 valence electrons. The van der Waals surface area contributed by atoms with Crippen molar-refractivity contribution in [2.75, 3.05) is 7.11 Å². The second-order valence-electron chi connectivity index (χ2n) is 3.67. The van der Waals surface area contributed by atoms with E-state index in [2.05, 4.69) is 4.74 Å². The second-order valence-corrected chi connectivity index (χ2v) is 5.20. The van der Waals surface area contributed by atoms with Gasteiger partial charge in [0.1, 0.15) is 15.6 Å². The molecule has 2 unspecified atom stereocenters. The summed E-state index contributed by atoms with van der Waals surface area (Å²) in [6.07, 6.45) is -0.525. The molecular weight excluding hydrogens is 283 g/mol. The van der Waals surface area contributed by atoms with Crippen LogP contribution in [0.25, 0.3) is 0 Å². The van der Waals surface area contributed by atoms with Gasteiger partial charge in [0.05, 0.1) is 13.0 Å². The first-order chi connectivity index (χ1) is 8.36. The van der Waals surface area contributed by atoms with Gasteiger partial charge in [-0.15, -0.1) is 0 Å². The number of carbonyl (C=O) groups excluding carboxylic acids is 1. The van der Waals surface area contributed by atoms with Crippen LogP contribution in [0.5, 0.6) is 0 Å². The fourth-order valence-corrected chi connectivity index (χ4v) is 1.94. The van der Waals surface area contributed by atoms with Crippen LogP contribution >= 0.6 is 0 Å². The Labute approximate surface area is 133 Å². The number of aliphatic hydroxyl groups excluding tert-OH is 1. The van der Waals surface area contributed by atoms with Gasteiger partial charge >= 0.3 is 35.5 Å². The number of carbonyl (C=O) groups is 1. The molecule has 8 heteroatoms. The average molecular weight is 296 g/mol. The van der Waals surface area contributed by atoms with Crippen molar-refractivity contribution in [1.82, 2.24) is 0 Å². The molecule has 0 aliphatic rings. The minimum absolute atomic E-state index is 0. The third-order valence-electron chi connectivity index (χ3n) is 2.46. The van der Waals surface area contributed by atoms with E-state index >= 15 is 0 Å². The number of benzene rings is 1. The van der Waals surface area contributed by atoms with E-state index in [-0.39, 0.29) is 29.6 Å². The zero-order chi connectivity index (χ0) is 13.8. The van der Waals surface area contributed by atoms with Gasteiger partial charge in [0.15, 0.2) is 0 Å². The van der Waals surface area contributed by atoms with Crippen molar-refractivity contribution >= 4 is 16.1 Å². The molecule has 1 rings (SSSR count). The summed E-state index contributed by atoms with van der Waals surface area (Å²) in [5.74, 6) is -1.70. The smallest absolute Gasteiger partial charge is 0.746 e. The SMILES string of the molecule is COC(=O)C(CC(O)S(=O)(=O)[O-])c1ccccc1.[Na+]. The Balaban J connectivity index is 0.00000324. The standard InChI is InChI=1S/C11H14O6S.Na/c1-17-11(13)9(7-10(12)18(14,15)16)8-5-3-2-4-6-8;/h2-6,9-10,12H,7H2,1H3,(H,14,15,16);/q;+1/p-1. The third kappa shape index (κ3) is 5.60. The molecule has 1 aromatic carbocycles. The van der Waals surface area contributed by atoms with Crippen LogP contribution in [0.2, 0.25) is 0 Å². The van der Waals surface area contributed by atoms with Crippen LogP contribution in [0.15, 0.2) is 30.3 Å². The Morgan fingerprint density at radius 1 is 1.37 bits per heavy atom. The van der Waals surface area contributed by atoms with Crippen molar-refractivity contribution in [2.45, 2.75) is 17.8 Å². The molecule has 0 aliphatic carbocycles. The molecule has 0 radical (unpaired) electrons. The number of esters is 1. The normalized spacial score (nSPS) is 14.1. The number of ether oxygens (including phenoxy) is 1. The Kier molecular flexibility index (Phi) is 7.80. The quantitative estimate of drug-likeness (QED) is 0.358. The summed E-state index contributed by atoms with van der Waals surface area (Å²) in [5, 5.41) is 9.25. The maximum absolute atomic E-state index is 11.5. The Bertz CT molecular complexity index is 501. The van der Waals surface area contributed by atoms with Crippen molar-refractivity contribution in [3.05, 3.63) is 35.9 Å². The summed E-state index contributed by atoms with van der Waals surface area (Å²) in [6.45, 7) is 0. The number of aliphatic hydroxyl groups is 1. The molecule has 0 saturated heterocycles. The van der Waals surface area contributed by atoms with Crippen LogP contribution in [0.4, 0.5) is 0 Å². The van der Waals surface area contributed by atoms with Gasteiger partial charge in [0.2, 0.25) is 0 Å². The number of hydrogen-bond donors (Lipinski definition) is 1. The van der Waals surface area contributed by atoms with Crippen molar-refractivity contribution in [1.29, 1.82) is 0 Å². The molecule has 0 amide bonds. The maximum atomic E-state index is 11.5. The van der Waals surface area contributed by atoms with E-state index in [0.29, 0.717) is 5.56 Å². The summed E-state index contributed by atoms with van der Waals surface area (Å²) in [7, 11) is -3.70. The molecule has 0 aliphatic heterocycles. The Hall–Kier alpha value is -0.440. The topological polar surface area (TPSA) is 104 Å². The van der Waals surface area contributed by atoms with E-state index in [0.717, 1.165) is 7.11 Å². The predicted octanol–water partition coefficient (Wildman–Crippen LogP) is -2.80. The van der Waals surface area contributed by atoms with Crippen LogP contribution in [0, 0.1) is 0 Å². The van der Waals surface area contributed by atoms with Gasteiger partial charge in [0.25, 0.3) is 0 Å². The van der Waals surface area contributed by atoms with Crippen LogP contribution in [-0.4, -0.2) is 36.6 Å². The zero-order valence-electron chi connectivity index (χ0n) is 10.6. The van der Waals surface area contributed by atoms with E-state index < -0.39 is 33.9 Å². The number of methoxy groups -OCH3 is 1. The second kappa shape index (κ2) is 7.98. The zero-order valence-corrected chi connectivity index (χ0v) is 13.5. The summed E-state index contributed by atoms with van der Waals surface area (Å²) >= 11 is 0. The molecule has 1 aromatic rings. The summed E-state index contributed by atoms with van der Waals surface area (Å²) in [4.78, 5) is 11.5. The predicted molar refractivity (Wildman–Crippen MR) is 61.5 cm³/mol. The molecule has 0 spiro atoms. The molecule has 0 fully saturated rings. The van der Waals surface area contributed by atoms with E-state index in [1.54, 1.807) is 30.3 Å². The molecule has 1 N–H and O–H groups in total. The van der Waals surface area contributed by atoms with E-state index in [4.69, 9.17) is 0 Å². The van der Waals surface area contributed by atoms with E-state index in [9.17, 15) is 22.9 Å². The molecule has 6 nitrogen and oxygen atoms in total. The molecule has 0 saturated carbocycles. The summed E-state index contributed by atoms with van der Waals surface area (Å²) in [6, 6.07) is 8.21.